The van der Waals surface area contributed by atoms with E-state index in [-0.39, 0.29) is 12.0 Å². The largest absolute Gasteiger partial charge is 0.493 e. The van der Waals surface area contributed by atoms with Crippen molar-refractivity contribution < 1.29 is 14.3 Å². The molecule has 4 heteroatoms. The lowest BCUT2D eigenvalue weighted by atomic mass is 9.86. The number of carbonyl (C=O) groups is 1. The molecule has 1 aliphatic carbocycles. The van der Waals surface area contributed by atoms with Gasteiger partial charge in [0.05, 0.1) is 14.2 Å². The quantitative estimate of drug-likeness (QED) is 0.855. The highest BCUT2D eigenvalue weighted by molar-refractivity contribution is 5.79. The van der Waals surface area contributed by atoms with Gasteiger partial charge in [0.25, 0.3) is 0 Å². The van der Waals surface area contributed by atoms with Gasteiger partial charge in [-0.25, -0.2) is 0 Å². The number of hydrogen-bond donors (Lipinski definition) is 0. The standard InChI is InChI=1S/C19H27NO3/c1-13-9-15-10-17(22-2)18(23-3)11-16(15)12-20(13)19(21)14-7-5-4-6-8-14/h10-11,13-14H,4-9,12H2,1-3H3. The molecule has 1 aromatic carbocycles. The molecule has 1 unspecified atom stereocenters. The number of rotatable bonds is 3. The molecule has 1 saturated carbocycles. The van der Waals surface area contributed by atoms with Crippen LogP contribution in [0.2, 0.25) is 0 Å². The van der Waals surface area contributed by atoms with E-state index in [1.54, 1.807) is 14.2 Å². The summed E-state index contributed by atoms with van der Waals surface area (Å²) in [6.45, 7) is 2.84. The molecule has 1 atom stereocenters. The van der Waals surface area contributed by atoms with Crippen molar-refractivity contribution in [2.75, 3.05) is 14.2 Å². The molecular formula is C19H27NO3. The number of ether oxygens (including phenoxy) is 2. The van der Waals surface area contributed by atoms with Crippen molar-refractivity contribution in [1.82, 2.24) is 4.90 Å². The summed E-state index contributed by atoms with van der Waals surface area (Å²) in [7, 11) is 3.32. The highest BCUT2D eigenvalue weighted by Crippen LogP contribution is 2.36. The summed E-state index contributed by atoms with van der Waals surface area (Å²) >= 11 is 0. The predicted molar refractivity (Wildman–Crippen MR) is 89.8 cm³/mol. The Labute approximate surface area is 138 Å². The first-order valence-corrected chi connectivity index (χ1v) is 8.68. The number of carbonyl (C=O) groups excluding carboxylic acids is 1. The first-order chi connectivity index (χ1) is 11.1. The van der Waals surface area contributed by atoms with E-state index < -0.39 is 0 Å². The summed E-state index contributed by atoms with van der Waals surface area (Å²) in [5.74, 6) is 2.09. The Bertz CT molecular complexity index is 578. The minimum absolute atomic E-state index is 0.230. The summed E-state index contributed by atoms with van der Waals surface area (Å²) in [6, 6.07) is 4.34. The minimum atomic E-state index is 0.230. The number of fused-ring (bicyclic) bond motifs is 1. The molecule has 2 aliphatic rings. The van der Waals surface area contributed by atoms with E-state index in [0.717, 1.165) is 30.8 Å². The topological polar surface area (TPSA) is 38.8 Å². The Hall–Kier alpha value is -1.71. The molecular weight excluding hydrogens is 290 g/mol. The van der Waals surface area contributed by atoms with Gasteiger partial charge in [0.2, 0.25) is 5.91 Å². The van der Waals surface area contributed by atoms with Crippen LogP contribution in [0.25, 0.3) is 0 Å². The normalized spacial score (nSPS) is 21.7. The van der Waals surface area contributed by atoms with Gasteiger partial charge in [-0.2, -0.15) is 0 Å². The van der Waals surface area contributed by atoms with E-state index in [4.69, 9.17) is 9.47 Å². The third kappa shape index (κ3) is 3.17. The van der Waals surface area contributed by atoms with E-state index in [9.17, 15) is 4.79 Å². The van der Waals surface area contributed by atoms with Gasteiger partial charge in [-0.15, -0.1) is 0 Å². The molecule has 0 radical (unpaired) electrons. The van der Waals surface area contributed by atoms with Gasteiger partial charge in [0.1, 0.15) is 0 Å². The predicted octanol–water partition coefficient (Wildman–Crippen LogP) is 3.56. The van der Waals surface area contributed by atoms with Gasteiger partial charge >= 0.3 is 0 Å². The van der Waals surface area contributed by atoms with Gasteiger partial charge in [-0.05, 0) is 49.4 Å². The Morgan fingerprint density at radius 1 is 1.04 bits per heavy atom. The second-order valence-electron chi connectivity index (χ2n) is 6.83. The fraction of sp³-hybridized carbons (Fsp3) is 0.632. The van der Waals surface area contributed by atoms with E-state index in [1.807, 2.05) is 6.07 Å². The Morgan fingerprint density at radius 3 is 2.26 bits per heavy atom. The Morgan fingerprint density at radius 2 is 1.65 bits per heavy atom. The zero-order valence-corrected chi connectivity index (χ0v) is 14.4. The number of methoxy groups -OCH3 is 2. The number of nitrogens with zero attached hydrogens (tertiary/aromatic N) is 1. The Balaban J connectivity index is 1.83. The van der Waals surface area contributed by atoms with Crippen LogP contribution >= 0.6 is 0 Å². The summed E-state index contributed by atoms with van der Waals surface area (Å²) < 4.78 is 10.8. The lowest BCUT2D eigenvalue weighted by Crippen LogP contribution is -2.45. The second-order valence-corrected chi connectivity index (χ2v) is 6.83. The molecule has 1 aromatic rings. The van der Waals surface area contributed by atoms with E-state index in [1.165, 1.54) is 30.4 Å². The van der Waals surface area contributed by atoms with Crippen LogP contribution in [-0.2, 0) is 17.8 Å². The van der Waals surface area contributed by atoms with Crippen LogP contribution in [0.4, 0.5) is 0 Å². The second kappa shape index (κ2) is 6.81. The van der Waals surface area contributed by atoms with E-state index in [2.05, 4.69) is 17.9 Å². The molecule has 3 rings (SSSR count). The third-order valence-electron chi connectivity index (χ3n) is 5.33. The van der Waals surface area contributed by atoms with Crippen LogP contribution in [0.5, 0.6) is 11.5 Å². The van der Waals surface area contributed by atoms with Crippen LogP contribution in [0.1, 0.15) is 50.2 Å². The molecule has 1 heterocycles. The van der Waals surface area contributed by atoms with Crippen LogP contribution in [0, 0.1) is 5.92 Å². The SMILES string of the molecule is COc1cc2c(cc1OC)CN(C(=O)C1CCCCC1)C(C)C2. The molecule has 0 bridgehead atoms. The highest BCUT2D eigenvalue weighted by Gasteiger charge is 2.32. The average Bonchev–Trinajstić information content (AvgIpc) is 2.60. The summed E-state index contributed by atoms with van der Waals surface area (Å²) in [5, 5.41) is 0. The van der Waals surface area contributed by atoms with Gasteiger partial charge in [-0.1, -0.05) is 19.3 Å². The monoisotopic (exact) mass is 317 g/mol. The van der Waals surface area contributed by atoms with Crippen LogP contribution in [0.15, 0.2) is 12.1 Å². The average molecular weight is 317 g/mol. The summed E-state index contributed by atoms with van der Waals surface area (Å²) in [6.07, 6.45) is 6.66. The van der Waals surface area contributed by atoms with Crippen LogP contribution in [0.3, 0.4) is 0 Å². The maximum atomic E-state index is 12.9. The lowest BCUT2D eigenvalue weighted by molar-refractivity contribution is -0.139. The van der Waals surface area contributed by atoms with Crippen molar-refractivity contribution in [2.24, 2.45) is 5.92 Å². The maximum Gasteiger partial charge on any atom is 0.226 e. The number of amides is 1. The third-order valence-corrected chi connectivity index (χ3v) is 5.33. The molecule has 126 valence electrons. The van der Waals surface area contributed by atoms with E-state index >= 15 is 0 Å². The van der Waals surface area contributed by atoms with Gasteiger partial charge in [0, 0.05) is 18.5 Å². The molecule has 1 amide bonds. The summed E-state index contributed by atoms with van der Waals surface area (Å²) in [5.41, 5.74) is 2.45. The molecule has 4 nitrogen and oxygen atoms in total. The smallest absolute Gasteiger partial charge is 0.226 e. The van der Waals surface area contributed by atoms with Crippen molar-refractivity contribution >= 4 is 5.91 Å². The maximum absolute atomic E-state index is 12.9. The van der Waals surface area contributed by atoms with Crippen molar-refractivity contribution in [3.63, 3.8) is 0 Å². The molecule has 1 fully saturated rings. The fourth-order valence-corrected chi connectivity index (χ4v) is 3.95. The molecule has 0 spiro atoms. The zero-order chi connectivity index (χ0) is 16.4. The molecule has 0 aromatic heterocycles. The van der Waals surface area contributed by atoms with Gasteiger partial charge in [-0.3, -0.25) is 4.79 Å². The van der Waals surface area contributed by atoms with Crippen LogP contribution in [-0.4, -0.2) is 31.1 Å². The van der Waals surface area contributed by atoms with Crippen molar-refractivity contribution in [3.8, 4) is 11.5 Å². The Kier molecular flexibility index (Phi) is 4.79. The highest BCUT2D eigenvalue weighted by atomic mass is 16.5. The lowest BCUT2D eigenvalue weighted by Gasteiger charge is -2.38. The van der Waals surface area contributed by atoms with Crippen LogP contribution < -0.4 is 9.47 Å². The van der Waals surface area contributed by atoms with Gasteiger partial charge in [0.15, 0.2) is 11.5 Å². The van der Waals surface area contributed by atoms with Crippen molar-refractivity contribution in [1.29, 1.82) is 0 Å². The van der Waals surface area contributed by atoms with E-state index in [0.29, 0.717) is 12.5 Å². The molecule has 0 saturated heterocycles. The molecule has 0 N–H and O–H groups in total. The fourth-order valence-electron chi connectivity index (χ4n) is 3.95. The first kappa shape index (κ1) is 16.2. The first-order valence-electron chi connectivity index (χ1n) is 8.68. The zero-order valence-electron chi connectivity index (χ0n) is 14.4. The number of benzene rings is 1. The number of hydrogen-bond acceptors (Lipinski definition) is 3. The van der Waals surface area contributed by atoms with Crippen molar-refractivity contribution in [3.05, 3.63) is 23.3 Å². The molecule has 1 aliphatic heterocycles. The summed E-state index contributed by atoms with van der Waals surface area (Å²) in [4.78, 5) is 15.0. The molecule has 23 heavy (non-hydrogen) atoms. The van der Waals surface area contributed by atoms with Gasteiger partial charge < -0.3 is 14.4 Å². The van der Waals surface area contributed by atoms with Crippen molar-refractivity contribution in [2.45, 2.75) is 58.0 Å². The minimum Gasteiger partial charge on any atom is -0.493 e.